The highest BCUT2D eigenvalue weighted by Crippen LogP contribution is 2.18. The first kappa shape index (κ1) is 17.0. The fraction of sp³-hybridized carbons (Fsp3) is 0.667. The predicted octanol–water partition coefficient (Wildman–Crippen LogP) is 4.24. The van der Waals surface area contributed by atoms with Gasteiger partial charge < -0.3 is 10.2 Å². The first-order chi connectivity index (χ1) is 9.62. The van der Waals surface area contributed by atoms with Crippen molar-refractivity contribution in [1.82, 2.24) is 5.32 Å². The van der Waals surface area contributed by atoms with Crippen LogP contribution in [0.3, 0.4) is 0 Å². The number of rotatable bonds is 9. The van der Waals surface area contributed by atoms with E-state index in [0.29, 0.717) is 12.0 Å². The van der Waals surface area contributed by atoms with Gasteiger partial charge in [0, 0.05) is 24.8 Å². The molecule has 0 amide bonds. The van der Waals surface area contributed by atoms with Crippen molar-refractivity contribution < 1.29 is 0 Å². The summed E-state index contributed by atoms with van der Waals surface area (Å²) in [6, 6.07) is 9.41. The molecule has 0 fully saturated rings. The van der Waals surface area contributed by atoms with Crippen molar-refractivity contribution in [1.29, 1.82) is 0 Å². The fourth-order valence-electron chi connectivity index (χ4n) is 2.54. The smallest absolute Gasteiger partial charge is 0.0369 e. The highest BCUT2D eigenvalue weighted by atomic mass is 15.2. The van der Waals surface area contributed by atoms with Crippen LogP contribution in [-0.4, -0.2) is 25.7 Å². The summed E-state index contributed by atoms with van der Waals surface area (Å²) in [5, 5.41) is 3.73. The van der Waals surface area contributed by atoms with Gasteiger partial charge in [0.25, 0.3) is 0 Å². The van der Waals surface area contributed by atoms with Gasteiger partial charge in [-0.1, -0.05) is 39.3 Å². The molecule has 1 rings (SSSR count). The molecule has 0 bridgehead atoms. The van der Waals surface area contributed by atoms with Crippen molar-refractivity contribution in [2.75, 3.05) is 24.5 Å². The lowest BCUT2D eigenvalue weighted by Gasteiger charge is -2.32. The molecule has 2 heteroatoms. The van der Waals surface area contributed by atoms with Crippen molar-refractivity contribution >= 4 is 5.69 Å². The van der Waals surface area contributed by atoms with E-state index in [1.165, 1.54) is 24.1 Å². The molecule has 1 aromatic rings. The summed E-state index contributed by atoms with van der Waals surface area (Å²) < 4.78 is 0. The molecule has 2 atom stereocenters. The molecule has 1 N–H and O–H groups in total. The summed E-state index contributed by atoms with van der Waals surface area (Å²) in [7, 11) is 0. The SMILES string of the molecule is CCCNC(CN(CC)c1cccc(C)c1)C(C)CC. The van der Waals surface area contributed by atoms with Gasteiger partial charge in [-0.2, -0.15) is 0 Å². The van der Waals surface area contributed by atoms with Crippen LogP contribution in [0, 0.1) is 12.8 Å². The third-order valence-electron chi connectivity index (χ3n) is 4.15. The number of hydrogen-bond acceptors (Lipinski definition) is 2. The zero-order valence-electron chi connectivity index (χ0n) is 13.9. The van der Waals surface area contributed by atoms with Crippen molar-refractivity contribution in [3.63, 3.8) is 0 Å². The number of benzene rings is 1. The summed E-state index contributed by atoms with van der Waals surface area (Å²) in [5.74, 6) is 0.709. The van der Waals surface area contributed by atoms with E-state index in [1.54, 1.807) is 0 Å². The molecule has 0 spiro atoms. The molecule has 0 saturated carbocycles. The average Bonchev–Trinajstić information content (AvgIpc) is 2.46. The fourth-order valence-corrected chi connectivity index (χ4v) is 2.54. The first-order valence-corrected chi connectivity index (χ1v) is 8.17. The molecule has 1 aromatic carbocycles. The Kier molecular flexibility index (Phi) is 7.68. The van der Waals surface area contributed by atoms with E-state index in [9.17, 15) is 0 Å². The Morgan fingerprint density at radius 2 is 1.95 bits per heavy atom. The number of nitrogens with one attached hydrogen (secondary N) is 1. The maximum absolute atomic E-state index is 3.73. The lowest BCUT2D eigenvalue weighted by atomic mass is 9.98. The molecule has 0 aromatic heterocycles. The Labute approximate surface area is 125 Å². The summed E-state index contributed by atoms with van der Waals surface area (Å²) in [6.07, 6.45) is 2.43. The maximum Gasteiger partial charge on any atom is 0.0369 e. The standard InChI is InChI=1S/C18H32N2/c1-6-12-19-18(16(5)7-2)14-20(8-3)17-11-9-10-15(4)13-17/h9-11,13,16,18-19H,6-8,12,14H2,1-5H3. The van der Waals surface area contributed by atoms with Gasteiger partial charge in [0.05, 0.1) is 0 Å². The van der Waals surface area contributed by atoms with E-state index in [4.69, 9.17) is 0 Å². The molecule has 0 saturated heterocycles. The molecule has 2 nitrogen and oxygen atoms in total. The maximum atomic E-state index is 3.73. The second-order valence-electron chi connectivity index (χ2n) is 5.82. The molecule has 0 aliphatic carbocycles. The molecule has 0 aliphatic heterocycles. The normalized spacial score (nSPS) is 14.1. The van der Waals surface area contributed by atoms with Crippen molar-refractivity contribution in [2.24, 2.45) is 5.92 Å². The van der Waals surface area contributed by atoms with Crippen molar-refractivity contribution in [2.45, 2.75) is 53.5 Å². The van der Waals surface area contributed by atoms with Crippen LogP contribution in [-0.2, 0) is 0 Å². The Morgan fingerprint density at radius 3 is 2.50 bits per heavy atom. The summed E-state index contributed by atoms with van der Waals surface area (Å²) in [6.45, 7) is 14.6. The monoisotopic (exact) mass is 276 g/mol. The van der Waals surface area contributed by atoms with Crippen LogP contribution in [0.15, 0.2) is 24.3 Å². The largest absolute Gasteiger partial charge is 0.370 e. The number of aryl methyl sites for hydroxylation is 1. The molecule has 114 valence electrons. The second kappa shape index (κ2) is 9.02. The molecule has 0 radical (unpaired) electrons. The zero-order valence-corrected chi connectivity index (χ0v) is 13.9. The van der Waals surface area contributed by atoms with Gasteiger partial charge in [-0.05, 0) is 50.4 Å². The highest BCUT2D eigenvalue weighted by molar-refractivity contribution is 5.48. The molecule has 20 heavy (non-hydrogen) atoms. The minimum absolute atomic E-state index is 0.570. The van der Waals surface area contributed by atoms with Gasteiger partial charge >= 0.3 is 0 Å². The second-order valence-corrected chi connectivity index (χ2v) is 5.82. The third kappa shape index (κ3) is 5.16. The van der Waals surface area contributed by atoms with Gasteiger partial charge in [0.15, 0.2) is 0 Å². The summed E-state index contributed by atoms with van der Waals surface area (Å²) >= 11 is 0. The molecular weight excluding hydrogens is 244 g/mol. The number of hydrogen-bond donors (Lipinski definition) is 1. The lowest BCUT2D eigenvalue weighted by Crippen LogP contribution is -2.45. The minimum atomic E-state index is 0.570. The van der Waals surface area contributed by atoms with Gasteiger partial charge in [-0.25, -0.2) is 0 Å². The number of anilines is 1. The Hall–Kier alpha value is -1.02. The first-order valence-electron chi connectivity index (χ1n) is 8.17. The van der Waals surface area contributed by atoms with E-state index in [-0.39, 0.29) is 0 Å². The van der Waals surface area contributed by atoms with E-state index in [0.717, 1.165) is 19.6 Å². The third-order valence-corrected chi connectivity index (χ3v) is 4.15. The van der Waals surface area contributed by atoms with Crippen LogP contribution in [0.1, 0.15) is 46.1 Å². The van der Waals surface area contributed by atoms with E-state index < -0.39 is 0 Å². The van der Waals surface area contributed by atoms with Gasteiger partial charge in [-0.15, -0.1) is 0 Å². The van der Waals surface area contributed by atoms with Gasteiger partial charge in [0.2, 0.25) is 0 Å². The number of nitrogens with zero attached hydrogens (tertiary/aromatic N) is 1. The van der Waals surface area contributed by atoms with Gasteiger partial charge in [0.1, 0.15) is 0 Å². The lowest BCUT2D eigenvalue weighted by molar-refractivity contribution is 0.367. The van der Waals surface area contributed by atoms with Gasteiger partial charge in [-0.3, -0.25) is 0 Å². The Balaban J connectivity index is 2.77. The summed E-state index contributed by atoms with van der Waals surface area (Å²) in [5.41, 5.74) is 2.68. The van der Waals surface area contributed by atoms with Crippen LogP contribution in [0.2, 0.25) is 0 Å². The van der Waals surface area contributed by atoms with Crippen LogP contribution < -0.4 is 10.2 Å². The van der Waals surface area contributed by atoms with E-state index in [2.05, 4.69) is 69.1 Å². The molecule has 0 heterocycles. The van der Waals surface area contributed by atoms with Crippen molar-refractivity contribution in [3.8, 4) is 0 Å². The number of likely N-dealkylation sites (N-methyl/N-ethyl adjacent to an activating group) is 1. The molecular formula is C18H32N2. The topological polar surface area (TPSA) is 15.3 Å². The van der Waals surface area contributed by atoms with E-state index in [1.807, 2.05) is 0 Å². The Morgan fingerprint density at radius 1 is 1.20 bits per heavy atom. The van der Waals surface area contributed by atoms with E-state index >= 15 is 0 Å². The highest BCUT2D eigenvalue weighted by Gasteiger charge is 2.18. The molecule has 0 aliphatic rings. The minimum Gasteiger partial charge on any atom is -0.370 e. The van der Waals surface area contributed by atoms with Crippen LogP contribution in [0.5, 0.6) is 0 Å². The zero-order chi connectivity index (χ0) is 15.0. The van der Waals surface area contributed by atoms with Crippen LogP contribution >= 0.6 is 0 Å². The average molecular weight is 276 g/mol. The quantitative estimate of drug-likeness (QED) is 0.726. The molecule has 2 unspecified atom stereocenters. The van der Waals surface area contributed by atoms with Crippen molar-refractivity contribution in [3.05, 3.63) is 29.8 Å². The summed E-state index contributed by atoms with van der Waals surface area (Å²) in [4.78, 5) is 2.49. The Bertz CT molecular complexity index is 375. The predicted molar refractivity (Wildman–Crippen MR) is 90.6 cm³/mol. The van der Waals surface area contributed by atoms with Crippen LogP contribution in [0.4, 0.5) is 5.69 Å². The van der Waals surface area contributed by atoms with Crippen LogP contribution in [0.25, 0.3) is 0 Å².